The minimum absolute atomic E-state index is 0.0843. The molecule has 1 amide bonds. The van der Waals surface area contributed by atoms with Crippen molar-refractivity contribution < 1.29 is 14.3 Å². The first-order valence-electron chi connectivity index (χ1n) is 7.75. The van der Waals surface area contributed by atoms with E-state index in [-0.39, 0.29) is 5.91 Å². The van der Waals surface area contributed by atoms with Crippen LogP contribution < -0.4 is 14.8 Å². The van der Waals surface area contributed by atoms with Crippen LogP contribution in [0.25, 0.3) is 0 Å². The molecule has 0 atom stereocenters. The van der Waals surface area contributed by atoms with E-state index in [2.05, 4.69) is 10.2 Å². The van der Waals surface area contributed by atoms with Gasteiger partial charge in [0.2, 0.25) is 5.91 Å². The Labute approximate surface area is 146 Å². The number of ether oxygens (including phenoxy) is 2. The van der Waals surface area contributed by atoms with Gasteiger partial charge in [-0.05, 0) is 26.0 Å². The lowest BCUT2D eigenvalue weighted by molar-refractivity contribution is -0.113. The van der Waals surface area contributed by atoms with Crippen LogP contribution >= 0.6 is 24.0 Å². The Morgan fingerprint density at radius 3 is 2.65 bits per heavy atom. The number of thiocarbonyl (C=S) groups is 1. The zero-order valence-electron chi connectivity index (χ0n) is 13.5. The van der Waals surface area contributed by atoms with Gasteiger partial charge in [0.05, 0.1) is 19.0 Å². The minimum Gasteiger partial charge on any atom is -0.490 e. The molecule has 1 aromatic carbocycles. The first kappa shape index (κ1) is 17.9. The van der Waals surface area contributed by atoms with E-state index >= 15 is 0 Å². The molecule has 7 heteroatoms. The molecule has 1 N–H and O–H groups in total. The summed E-state index contributed by atoms with van der Waals surface area (Å²) >= 11 is 6.71. The van der Waals surface area contributed by atoms with E-state index in [1.807, 2.05) is 26.0 Å². The van der Waals surface area contributed by atoms with Crippen molar-refractivity contribution in [2.45, 2.75) is 20.3 Å². The summed E-state index contributed by atoms with van der Waals surface area (Å²) in [6.07, 6.45) is 0.857. The molecule has 2 rings (SSSR count). The fourth-order valence-corrected chi connectivity index (χ4v) is 3.34. The highest BCUT2D eigenvalue weighted by Gasteiger charge is 2.13. The number of fused-ring (bicyclic) bond motifs is 1. The number of nitrogens with one attached hydrogen (secondary N) is 1. The quantitative estimate of drug-likeness (QED) is 0.820. The van der Waals surface area contributed by atoms with Gasteiger partial charge in [-0.25, -0.2) is 0 Å². The van der Waals surface area contributed by atoms with Gasteiger partial charge in [-0.15, -0.1) is 0 Å². The van der Waals surface area contributed by atoms with Crippen LogP contribution in [0.1, 0.15) is 20.3 Å². The van der Waals surface area contributed by atoms with Crippen molar-refractivity contribution in [3.63, 3.8) is 0 Å². The van der Waals surface area contributed by atoms with E-state index in [0.717, 1.165) is 29.6 Å². The maximum absolute atomic E-state index is 12.1. The summed E-state index contributed by atoms with van der Waals surface area (Å²) in [6.45, 7) is 7.08. The molecule has 0 saturated heterocycles. The zero-order chi connectivity index (χ0) is 16.7. The number of thioether (sulfide) groups is 1. The molecule has 0 radical (unpaired) electrons. The number of nitrogens with zero attached hydrogens (tertiary/aromatic N) is 1. The topological polar surface area (TPSA) is 50.8 Å². The Balaban J connectivity index is 1.88. The molecular formula is C16H22N2O3S2. The zero-order valence-corrected chi connectivity index (χ0v) is 15.1. The number of carbonyl (C=O) groups excluding carboxylic acids is 1. The van der Waals surface area contributed by atoms with E-state index in [9.17, 15) is 4.79 Å². The summed E-state index contributed by atoms with van der Waals surface area (Å²) in [6, 6.07) is 5.44. The summed E-state index contributed by atoms with van der Waals surface area (Å²) in [5, 5.41) is 2.87. The van der Waals surface area contributed by atoms with Gasteiger partial charge in [0.15, 0.2) is 11.5 Å². The van der Waals surface area contributed by atoms with Crippen molar-refractivity contribution in [1.29, 1.82) is 0 Å². The lowest BCUT2D eigenvalue weighted by atomic mass is 10.2. The third-order valence-corrected chi connectivity index (χ3v) is 4.90. The Hall–Kier alpha value is -1.47. The molecule has 1 heterocycles. The van der Waals surface area contributed by atoms with E-state index in [4.69, 9.17) is 21.7 Å². The normalized spacial score (nSPS) is 13.1. The number of benzene rings is 1. The van der Waals surface area contributed by atoms with Crippen LogP contribution in [-0.2, 0) is 4.79 Å². The highest BCUT2D eigenvalue weighted by Crippen LogP contribution is 2.32. The van der Waals surface area contributed by atoms with E-state index < -0.39 is 0 Å². The molecule has 1 aromatic rings. The third kappa shape index (κ3) is 5.28. The highest BCUT2D eigenvalue weighted by molar-refractivity contribution is 8.23. The second-order valence-electron chi connectivity index (χ2n) is 4.99. The van der Waals surface area contributed by atoms with Crippen LogP contribution in [0, 0.1) is 0 Å². The predicted molar refractivity (Wildman–Crippen MR) is 98.7 cm³/mol. The van der Waals surface area contributed by atoms with E-state index in [0.29, 0.717) is 30.4 Å². The van der Waals surface area contributed by atoms with E-state index in [1.165, 1.54) is 11.8 Å². The molecule has 0 spiro atoms. The van der Waals surface area contributed by atoms with Gasteiger partial charge in [0.1, 0.15) is 4.32 Å². The number of carbonyl (C=O) groups is 1. The molecule has 5 nitrogen and oxygen atoms in total. The van der Waals surface area contributed by atoms with Crippen LogP contribution in [-0.4, -0.2) is 47.2 Å². The van der Waals surface area contributed by atoms with Crippen LogP contribution in [0.5, 0.6) is 11.5 Å². The number of rotatable bonds is 5. The maximum Gasteiger partial charge on any atom is 0.234 e. The van der Waals surface area contributed by atoms with Gasteiger partial charge in [0.25, 0.3) is 0 Å². The SMILES string of the molecule is CCN(CC)C(=S)SCC(=O)Nc1ccc2c(c1)OCCCO2. The van der Waals surface area contributed by atoms with Crippen molar-refractivity contribution >= 4 is 39.9 Å². The molecule has 0 unspecified atom stereocenters. The van der Waals surface area contributed by atoms with Gasteiger partial charge in [-0.3, -0.25) is 4.79 Å². The second-order valence-corrected chi connectivity index (χ2v) is 6.60. The average molecular weight is 354 g/mol. The van der Waals surface area contributed by atoms with E-state index in [1.54, 1.807) is 6.07 Å². The van der Waals surface area contributed by atoms with Gasteiger partial charge in [-0.2, -0.15) is 0 Å². The van der Waals surface area contributed by atoms with Crippen LogP contribution in [0.4, 0.5) is 5.69 Å². The molecule has 1 aliphatic heterocycles. The first-order chi connectivity index (χ1) is 11.1. The third-order valence-electron chi connectivity index (χ3n) is 3.38. The summed E-state index contributed by atoms with van der Waals surface area (Å²) in [5.74, 6) is 1.60. The molecule has 126 valence electrons. The Kier molecular flexibility index (Phi) is 6.98. The standard InChI is InChI=1S/C16H22N2O3S2/c1-3-18(4-2)16(22)23-11-15(19)17-12-6-7-13-14(10-12)21-9-5-8-20-13/h6-7,10H,3-5,8-9,11H2,1-2H3,(H,17,19). The fraction of sp³-hybridized carbons (Fsp3) is 0.500. The predicted octanol–water partition coefficient (Wildman–Crippen LogP) is 3.15. The number of amides is 1. The molecule has 0 fully saturated rings. The Morgan fingerprint density at radius 2 is 1.96 bits per heavy atom. The number of hydrogen-bond acceptors (Lipinski definition) is 5. The second kappa shape index (κ2) is 8.98. The molecular weight excluding hydrogens is 332 g/mol. The van der Waals surface area contributed by atoms with Crippen molar-refractivity contribution in [3.8, 4) is 11.5 Å². The van der Waals surface area contributed by atoms with Crippen molar-refractivity contribution in [2.24, 2.45) is 0 Å². The number of hydrogen-bond donors (Lipinski definition) is 1. The lowest BCUT2D eigenvalue weighted by Crippen LogP contribution is -2.28. The van der Waals surface area contributed by atoms with Crippen molar-refractivity contribution in [1.82, 2.24) is 4.90 Å². The molecule has 1 aliphatic rings. The molecule has 0 saturated carbocycles. The summed E-state index contributed by atoms with van der Waals surface area (Å²) in [5.41, 5.74) is 0.702. The summed E-state index contributed by atoms with van der Waals surface area (Å²) in [7, 11) is 0. The van der Waals surface area contributed by atoms with Crippen LogP contribution in [0.3, 0.4) is 0 Å². The largest absolute Gasteiger partial charge is 0.490 e. The molecule has 0 aromatic heterocycles. The maximum atomic E-state index is 12.1. The molecule has 23 heavy (non-hydrogen) atoms. The van der Waals surface area contributed by atoms with Gasteiger partial charge < -0.3 is 19.7 Å². The van der Waals surface area contributed by atoms with Crippen LogP contribution in [0.2, 0.25) is 0 Å². The summed E-state index contributed by atoms with van der Waals surface area (Å²) in [4.78, 5) is 14.1. The Morgan fingerprint density at radius 1 is 1.26 bits per heavy atom. The lowest BCUT2D eigenvalue weighted by Gasteiger charge is -2.20. The minimum atomic E-state index is -0.0843. The monoisotopic (exact) mass is 354 g/mol. The van der Waals surface area contributed by atoms with Crippen molar-refractivity contribution in [2.75, 3.05) is 37.4 Å². The smallest absolute Gasteiger partial charge is 0.234 e. The average Bonchev–Trinajstić information content (AvgIpc) is 2.79. The molecule has 0 aliphatic carbocycles. The van der Waals surface area contributed by atoms with Gasteiger partial charge >= 0.3 is 0 Å². The first-order valence-corrected chi connectivity index (χ1v) is 9.14. The highest BCUT2D eigenvalue weighted by atomic mass is 32.2. The molecule has 0 bridgehead atoms. The Bertz CT molecular complexity index is 562. The van der Waals surface area contributed by atoms with Gasteiger partial charge in [-0.1, -0.05) is 24.0 Å². The van der Waals surface area contributed by atoms with Gasteiger partial charge in [0, 0.05) is 31.3 Å². The van der Waals surface area contributed by atoms with Crippen LogP contribution in [0.15, 0.2) is 18.2 Å². The van der Waals surface area contributed by atoms with Crippen molar-refractivity contribution in [3.05, 3.63) is 18.2 Å². The fourth-order valence-electron chi connectivity index (χ4n) is 2.14. The number of anilines is 1. The summed E-state index contributed by atoms with van der Waals surface area (Å²) < 4.78 is 11.9.